The van der Waals surface area contributed by atoms with Crippen molar-refractivity contribution in [3.05, 3.63) is 47.5 Å². The van der Waals surface area contributed by atoms with E-state index in [2.05, 4.69) is 5.32 Å². The molecule has 2 aromatic carbocycles. The van der Waals surface area contributed by atoms with Crippen molar-refractivity contribution in [2.75, 3.05) is 18.5 Å². The predicted octanol–water partition coefficient (Wildman–Crippen LogP) is 3.67. The van der Waals surface area contributed by atoms with Gasteiger partial charge in [-0.2, -0.15) is 0 Å². The van der Waals surface area contributed by atoms with Gasteiger partial charge < -0.3 is 14.8 Å². The van der Waals surface area contributed by atoms with Crippen molar-refractivity contribution in [2.45, 2.75) is 26.8 Å². The van der Waals surface area contributed by atoms with Crippen molar-refractivity contribution in [3.8, 4) is 17.2 Å². The summed E-state index contributed by atoms with van der Waals surface area (Å²) in [4.78, 5) is 50.5. The lowest BCUT2D eigenvalue weighted by Crippen LogP contribution is -2.40. The molecule has 0 saturated carbocycles. The largest absolute Gasteiger partial charge is 0.494 e. The first kappa shape index (κ1) is 23.1. The van der Waals surface area contributed by atoms with Crippen molar-refractivity contribution < 1.29 is 28.7 Å². The molecule has 1 saturated heterocycles. The average Bonchev–Trinajstić information content (AvgIpc) is 2.94. The molecule has 0 aliphatic carbocycles. The van der Waals surface area contributed by atoms with Crippen molar-refractivity contribution in [3.63, 3.8) is 0 Å². The van der Waals surface area contributed by atoms with E-state index in [9.17, 15) is 19.2 Å². The Bertz CT molecular complexity index is 1050. The van der Waals surface area contributed by atoms with Crippen LogP contribution in [0.3, 0.4) is 0 Å². The Kier molecular flexibility index (Phi) is 6.99. The second kappa shape index (κ2) is 9.69. The number of anilines is 1. The molecule has 0 radical (unpaired) electrons. The number of hydrogen-bond donors (Lipinski definition) is 1. The molecule has 3 rings (SSSR count). The highest BCUT2D eigenvalue weighted by molar-refractivity contribution is 6.45. The van der Waals surface area contributed by atoms with Crippen molar-refractivity contribution >= 4 is 41.0 Å². The second-order valence-electron chi connectivity index (χ2n) is 7.14. The van der Waals surface area contributed by atoms with Crippen LogP contribution in [0.2, 0.25) is 5.02 Å². The van der Waals surface area contributed by atoms with Gasteiger partial charge in [-0.25, -0.2) is 9.69 Å². The van der Waals surface area contributed by atoms with Crippen LogP contribution in [0.5, 0.6) is 17.2 Å². The van der Waals surface area contributed by atoms with E-state index in [-0.39, 0.29) is 5.69 Å². The molecule has 0 atom stereocenters. The maximum Gasteiger partial charge on any atom is 0.334 e. The minimum Gasteiger partial charge on any atom is -0.494 e. The van der Waals surface area contributed by atoms with E-state index in [0.29, 0.717) is 33.8 Å². The lowest BCUT2D eigenvalue weighted by molar-refractivity contribution is -0.144. The zero-order valence-corrected chi connectivity index (χ0v) is 18.5. The SMILES string of the molecule is CCOc1ccc(Oc2ccc(Cl)cc2NC(=O)CN2C(=O)C(=O)N(C(C)C)C2=O)cc1. The molecular weight excluding hydrogens is 438 g/mol. The second-order valence-corrected chi connectivity index (χ2v) is 7.57. The Hall–Kier alpha value is -3.59. The fourth-order valence-corrected chi connectivity index (χ4v) is 3.21. The van der Waals surface area contributed by atoms with E-state index in [1.165, 1.54) is 6.07 Å². The Morgan fingerprint density at radius 1 is 1.03 bits per heavy atom. The maximum atomic E-state index is 12.6. The summed E-state index contributed by atoms with van der Waals surface area (Å²) in [6.45, 7) is 5.00. The first-order valence-electron chi connectivity index (χ1n) is 9.90. The van der Waals surface area contributed by atoms with Gasteiger partial charge in [0.2, 0.25) is 5.91 Å². The van der Waals surface area contributed by atoms with Crippen LogP contribution in [-0.4, -0.2) is 52.7 Å². The van der Waals surface area contributed by atoms with Crippen molar-refractivity contribution in [1.82, 2.24) is 9.80 Å². The van der Waals surface area contributed by atoms with Crippen LogP contribution in [0.4, 0.5) is 10.5 Å². The first-order valence-corrected chi connectivity index (χ1v) is 10.3. The fraction of sp³-hybridized carbons (Fsp3) is 0.273. The number of carbonyl (C=O) groups excluding carboxylic acids is 4. The molecule has 0 bridgehead atoms. The lowest BCUT2D eigenvalue weighted by atomic mass is 10.2. The lowest BCUT2D eigenvalue weighted by Gasteiger charge is -2.18. The van der Waals surface area contributed by atoms with Crippen LogP contribution >= 0.6 is 11.6 Å². The number of carbonyl (C=O) groups is 4. The van der Waals surface area contributed by atoms with Gasteiger partial charge in [0.1, 0.15) is 18.0 Å². The predicted molar refractivity (Wildman–Crippen MR) is 117 cm³/mol. The minimum absolute atomic E-state index is 0.238. The summed E-state index contributed by atoms with van der Waals surface area (Å²) in [7, 11) is 0. The van der Waals surface area contributed by atoms with Crippen LogP contribution in [0.1, 0.15) is 20.8 Å². The number of urea groups is 1. The number of benzene rings is 2. The number of halogens is 1. The molecule has 1 aliphatic rings. The van der Waals surface area contributed by atoms with E-state index in [1.54, 1.807) is 50.2 Å². The summed E-state index contributed by atoms with van der Waals surface area (Å²) in [6, 6.07) is 10.2. The molecule has 1 fully saturated rings. The molecule has 168 valence electrons. The van der Waals surface area contributed by atoms with E-state index < -0.39 is 36.3 Å². The maximum absolute atomic E-state index is 12.6. The standard InChI is InChI=1S/C22H22ClN3O6/c1-4-31-15-6-8-16(9-7-15)32-18-10-5-14(23)11-17(18)24-19(27)12-25-20(28)21(29)26(13(2)3)22(25)30/h5-11,13H,4,12H2,1-3H3,(H,24,27). The minimum atomic E-state index is -1.05. The number of rotatable bonds is 8. The van der Waals surface area contributed by atoms with Crippen molar-refractivity contribution in [2.24, 2.45) is 0 Å². The van der Waals surface area contributed by atoms with E-state index in [0.717, 1.165) is 4.90 Å². The van der Waals surface area contributed by atoms with Gasteiger partial charge in [0.05, 0.1) is 12.3 Å². The topological polar surface area (TPSA) is 105 Å². The zero-order chi connectivity index (χ0) is 23.4. The average molecular weight is 460 g/mol. The number of amides is 5. The molecule has 5 amide bonds. The molecule has 0 unspecified atom stereocenters. The van der Waals surface area contributed by atoms with Crippen LogP contribution < -0.4 is 14.8 Å². The highest BCUT2D eigenvalue weighted by Gasteiger charge is 2.46. The van der Waals surface area contributed by atoms with Gasteiger partial charge in [0.15, 0.2) is 5.75 Å². The Labute approximate surface area is 189 Å². The summed E-state index contributed by atoms with van der Waals surface area (Å²) in [5.41, 5.74) is 0.238. The molecule has 9 nitrogen and oxygen atoms in total. The third-order valence-corrected chi connectivity index (χ3v) is 4.72. The summed E-state index contributed by atoms with van der Waals surface area (Å²) in [5.74, 6) is -1.21. The van der Waals surface area contributed by atoms with Gasteiger partial charge >= 0.3 is 17.8 Å². The molecule has 10 heteroatoms. The molecule has 0 spiro atoms. The van der Waals surface area contributed by atoms with E-state index in [4.69, 9.17) is 21.1 Å². The molecule has 0 aromatic heterocycles. The molecule has 1 heterocycles. The Morgan fingerprint density at radius 3 is 2.28 bits per heavy atom. The van der Waals surface area contributed by atoms with Crippen molar-refractivity contribution in [1.29, 1.82) is 0 Å². The summed E-state index contributed by atoms with van der Waals surface area (Å²) < 4.78 is 11.2. The van der Waals surface area contributed by atoms with Crippen LogP contribution in [-0.2, 0) is 14.4 Å². The first-order chi connectivity index (χ1) is 15.2. The molecule has 1 aliphatic heterocycles. The third-order valence-electron chi connectivity index (χ3n) is 4.48. The van der Waals surface area contributed by atoms with Gasteiger partial charge in [0, 0.05) is 11.1 Å². The van der Waals surface area contributed by atoms with Gasteiger partial charge in [-0.15, -0.1) is 0 Å². The van der Waals surface area contributed by atoms with Gasteiger partial charge in [-0.1, -0.05) is 11.6 Å². The quantitative estimate of drug-likeness (QED) is 0.477. The normalized spacial score (nSPS) is 13.7. The molecule has 32 heavy (non-hydrogen) atoms. The van der Waals surface area contributed by atoms with Gasteiger partial charge in [0.25, 0.3) is 0 Å². The monoisotopic (exact) mass is 459 g/mol. The van der Waals surface area contributed by atoms with Crippen LogP contribution in [0.15, 0.2) is 42.5 Å². The molecular formula is C22H22ClN3O6. The smallest absolute Gasteiger partial charge is 0.334 e. The fourth-order valence-electron chi connectivity index (χ4n) is 3.04. The molecule has 1 N–H and O–H groups in total. The van der Waals surface area contributed by atoms with Crippen LogP contribution in [0.25, 0.3) is 0 Å². The third kappa shape index (κ3) is 5.00. The number of nitrogens with one attached hydrogen (secondary N) is 1. The van der Waals surface area contributed by atoms with Gasteiger partial charge in [-0.05, 0) is 63.2 Å². The number of ether oxygens (including phenoxy) is 2. The Morgan fingerprint density at radius 2 is 1.69 bits per heavy atom. The summed E-state index contributed by atoms with van der Waals surface area (Å²) in [5, 5.41) is 2.92. The van der Waals surface area contributed by atoms with E-state index >= 15 is 0 Å². The van der Waals surface area contributed by atoms with Crippen LogP contribution in [0, 0.1) is 0 Å². The Balaban J connectivity index is 1.74. The number of hydrogen-bond acceptors (Lipinski definition) is 6. The molecule has 2 aromatic rings. The highest BCUT2D eigenvalue weighted by Crippen LogP contribution is 2.33. The van der Waals surface area contributed by atoms with Gasteiger partial charge in [-0.3, -0.25) is 19.3 Å². The van der Waals surface area contributed by atoms with E-state index in [1.807, 2.05) is 6.92 Å². The summed E-state index contributed by atoms with van der Waals surface area (Å²) >= 11 is 6.06. The zero-order valence-electron chi connectivity index (χ0n) is 17.8. The number of nitrogens with zero attached hydrogens (tertiary/aromatic N) is 2. The number of imide groups is 2. The highest BCUT2D eigenvalue weighted by atomic mass is 35.5. The summed E-state index contributed by atoms with van der Waals surface area (Å²) in [6.07, 6.45) is 0.